The third kappa shape index (κ3) is 3.39. The second-order valence-electron chi connectivity index (χ2n) is 7.49. The van der Waals surface area contributed by atoms with Crippen molar-refractivity contribution in [3.8, 4) is 6.07 Å². The van der Waals surface area contributed by atoms with Crippen LogP contribution in [0.3, 0.4) is 0 Å². The Morgan fingerprint density at radius 3 is 2.42 bits per heavy atom. The third-order valence-electron chi connectivity index (χ3n) is 5.56. The first-order chi connectivity index (χ1) is 15.2. The van der Waals surface area contributed by atoms with Crippen molar-refractivity contribution in [1.29, 1.82) is 5.26 Å². The Morgan fingerprint density at radius 1 is 0.968 bits per heavy atom. The molecule has 5 heteroatoms. The van der Waals surface area contributed by atoms with Crippen molar-refractivity contribution < 1.29 is 0 Å². The Labute approximate surface area is 185 Å². The van der Waals surface area contributed by atoms with E-state index in [1.807, 2.05) is 73.7 Å². The van der Waals surface area contributed by atoms with Crippen LogP contribution >= 0.6 is 11.6 Å². The standard InChI is InChI=1S/C26H19ClN4/c1-17-21(15-18-7-3-2-4-8-18)25(29-20-13-11-19(27)12-14-20)31-24-10-6-5-9-23(24)30-26(31)22(17)16-28/h2-14,29H,15H2,1H3. The summed E-state index contributed by atoms with van der Waals surface area (Å²) in [5, 5.41) is 14.3. The van der Waals surface area contributed by atoms with Gasteiger partial charge < -0.3 is 5.32 Å². The van der Waals surface area contributed by atoms with Gasteiger partial charge in [0.25, 0.3) is 0 Å². The summed E-state index contributed by atoms with van der Waals surface area (Å²) in [6, 6.07) is 28.3. The zero-order chi connectivity index (χ0) is 21.4. The van der Waals surface area contributed by atoms with E-state index in [9.17, 15) is 5.26 Å². The third-order valence-corrected chi connectivity index (χ3v) is 5.82. The Hall–Kier alpha value is -3.81. The molecule has 5 rings (SSSR count). The molecule has 1 N–H and O–H groups in total. The molecule has 5 aromatic rings. The second-order valence-corrected chi connectivity index (χ2v) is 7.93. The molecule has 0 aliphatic rings. The summed E-state index contributed by atoms with van der Waals surface area (Å²) in [5.74, 6) is 0.909. The number of hydrogen-bond donors (Lipinski definition) is 1. The Morgan fingerprint density at radius 2 is 1.68 bits per heavy atom. The maximum atomic E-state index is 10.0. The van der Waals surface area contributed by atoms with Gasteiger partial charge >= 0.3 is 0 Å². The maximum absolute atomic E-state index is 10.0. The van der Waals surface area contributed by atoms with Gasteiger partial charge in [0.2, 0.25) is 0 Å². The first-order valence-corrected chi connectivity index (χ1v) is 10.4. The lowest BCUT2D eigenvalue weighted by atomic mass is 9.97. The fourth-order valence-electron chi connectivity index (χ4n) is 4.00. The normalized spacial score (nSPS) is 11.0. The molecule has 0 radical (unpaired) electrons. The molecule has 3 aromatic carbocycles. The quantitative estimate of drug-likeness (QED) is 0.352. The van der Waals surface area contributed by atoms with Crippen LogP contribution in [0.15, 0.2) is 78.9 Å². The van der Waals surface area contributed by atoms with Crippen molar-refractivity contribution in [3.05, 3.63) is 106 Å². The van der Waals surface area contributed by atoms with Crippen LogP contribution in [0.2, 0.25) is 5.02 Å². The highest BCUT2D eigenvalue weighted by molar-refractivity contribution is 6.30. The van der Waals surface area contributed by atoms with Gasteiger partial charge in [-0.15, -0.1) is 0 Å². The van der Waals surface area contributed by atoms with Gasteiger partial charge in [0.05, 0.1) is 16.6 Å². The molecule has 0 aliphatic heterocycles. The summed E-state index contributed by atoms with van der Waals surface area (Å²) in [7, 11) is 0. The Bertz CT molecular complexity index is 1450. The number of nitriles is 1. The average molecular weight is 423 g/mol. The molecule has 0 aliphatic carbocycles. The van der Waals surface area contributed by atoms with Crippen LogP contribution in [0.25, 0.3) is 16.7 Å². The van der Waals surface area contributed by atoms with Gasteiger partial charge in [0.1, 0.15) is 11.9 Å². The smallest absolute Gasteiger partial charge is 0.157 e. The topological polar surface area (TPSA) is 53.1 Å². The summed E-state index contributed by atoms with van der Waals surface area (Å²) in [6.45, 7) is 2.00. The van der Waals surface area contributed by atoms with Crippen LogP contribution in [-0.4, -0.2) is 9.38 Å². The first-order valence-electron chi connectivity index (χ1n) is 10.0. The van der Waals surface area contributed by atoms with Crippen LogP contribution < -0.4 is 5.32 Å². The van der Waals surface area contributed by atoms with Gasteiger partial charge in [-0.25, -0.2) is 4.98 Å². The predicted molar refractivity (Wildman–Crippen MR) is 126 cm³/mol. The van der Waals surface area contributed by atoms with Crippen LogP contribution in [0.1, 0.15) is 22.3 Å². The number of nitrogens with one attached hydrogen (secondary N) is 1. The van der Waals surface area contributed by atoms with Crippen LogP contribution in [0.5, 0.6) is 0 Å². The number of aromatic nitrogens is 2. The van der Waals surface area contributed by atoms with E-state index in [-0.39, 0.29) is 0 Å². The lowest BCUT2D eigenvalue weighted by Gasteiger charge is -2.19. The van der Waals surface area contributed by atoms with E-state index in [2.05, 4.69) is 27.9 Å². The van der Waals surface area contributed by atoms with Gasteiger partial charge in [-0.1, -0.05) is 54.1 Å². The van der Waals surface area contributed by atoms with Gasteiger partial charge in [0, 0.05) is 22.7 Å². The molecule has 0 saturated carbocycles. The Balaban J connectivity index is 1.83. The van der Waals surface area contributed by atoms with Gasteiger partial charge in [-0.05, 0) is 54.4 Å². The monoisotopic (exact) mass is 422 g/mol. The fraction of sp³-hybridized carbons (Fsp3) is 0.0769. The largest absolute Gasteiger partial charge is 0.341 e. The Kier molecular flexibility index (Phi) is 4.82. The van der Waals surface area contributed by atoms with Crippen LogP contribution in [0.4, 0.5) is 11.5 Å². The highest BCUT2D eigenvalue weighted by Gasteiger charge is 2.21. The summed E-state index contributed by atoms with van der Waals surface area (Å²) in [5.41, 5.74) is 7.17. The molecule has 0 atom stereocenters. The van der Waals surface area contributed by atoms with E-state index < -0.39 is 0 Å². The SMILES string of the molecule is Cc1c(Cc2ccccc2)c(Nc2ccc(Cl)cc2)n2c(nc3ccccc32)c1C#N. The maximum Gasteiger partial charge on any atom is 0.157 e. The lowest BCUT2D eigenvalue weighted by molar-refractivity contribution is 1.08. The van der Waals surface area contributed by atoms with E-state index in [0.29, 0.717) is 22.7 Å². The van der Waals surface area contributed by atoms with Crippen molar-refractivity contribution in [2.75, 3.05) is 5.32 Å². The number of benzene rings is 3. The molecule has 31 heavy (non-hydrogen) atoms. The molecule has 0 fully saturated rings. The highest BCUT2D eigenvalue weighted by atomic mass is 35.5. The molecular weight excluding hydrogens is 404 g/mol. The van der Waals surface area contributed by atoms with Crippen molar-refractivity contribution in [2.45, 2.75) is 13.3 Å². The summed E-state index contributed by atoms with van der Waals surface area (Å²) < 4.78 is 2.06. The molecule has 4 nitrogen and oxygen atoms in total. The van der Waals surface area contributed by atoms with E-state index in [1.165, 1.54) is 5.56 Å². The predicted octanol–water partition coefficient (Wildman–Crippen LogP) is 6.66. The zero-order valence-corrected chi connectivity index (χ0v) is 17.7. The molecule has 2 heterocycles. The van der Waals surface area contributed by atoms with E-state index in [1.54, 1.807) is 0 Å². The highest BCUT2D eigenvalue weighted by Crippen LogP contribution is 2.34. The minimum absolute atomic E-state index is 0.601. The van der Waals surface area contributed by atoms with E-state index in [4.69, 9.17) is 16.6 Å². The molecule has 2 aromatic heterocycles. The van der Waals surface area contributed by atoms with E-state index >= 15 is 0 Å². The number of anilines is 2. The number of imidazole rings is 1. The second kappa shape index (κ2) is 7.79. The van der Waals surface area contributed by atoms with Gasteiger partial charge in [-0.3, -0.25) is 4.40 Å². The summed E-state index contributed by atoms with van der Waals surface area (Å²) in [6.07, 6.45) is 0.694. The number of rotatable bonds is 4. The number of hydrogen-bond acceptors (Lipinski definition) is 3. The first kappa shape index (κ1) is 19.2. The van der Waals surface area contributed by atoms with E-state index in [0.717, 1.165) is 33.7 Å². The minimum atomic E-state index is 0.601. The molecule has 0 unspecified atom stereocenters. The number of halogens is 1. The van der Waals surface area contributed by atoms with Gasteiger partial charge in [0.15, 0.2) is 5.65 Å². The van der Waals surface area contributed by atoms with Crippen molar-refractivity contribution in [1.82, 2.24) is 9.38 Å². The number of pyridine rings is 1. The van der Waals surface area contributed by atoms with Crippen molar-refractivity contribution in [3.63, 3.8) is 0 Å². The molecule has 0 bridgehead atoms. The fourth-order valence-corrected chi connectivity index (χ4v) is 4.13. The van der Waals surface area contributed by atoms with Gasteiger partial charge in [-0.2, -0.15) is 5.26 Å². The average Bonchev–Trinajstić information content (AvgIpc) is 3.17. The molecule has 0 amide bonds. The molecule has 0 saturated heterocycles. The number of fused-ring (bicyclic) bond motifs is 3. The van der Waals surface area contributed by atoms with Crippen molar-refractivity contribution in [2.24, 2.45) is 0 Å². The number of para-hydroxylation sites is 2. The molecule has 150 valence electrons. The summed E-state index contributed by atoms with van der Waals surface area (Å²) >= 11 is 6.09. The zero-order valence-electron chi connectivity index (χ0n) is 16.9. The van der Waals surface area contributed by atoms with Crippen molar-refractivity contribution >= 4 is 39.8 Å². The number of nitrogens with zero attached hydrogens (tertiary/aromatic N) is 3. The molecule has 0 spiro atoms. The summed E-state index contributed by atoms with van der Waals surface area (Å²) in [4.78, 5) is 4.79. The molecular formula is C26H19ClN4. The lowest BCUT2D eigenvalue weighted by Crippen LogP contribution is -2.09. The van der Waals surface area contributed by atoms with Crippen LogP contribution in [-0.2, 0) is 6.42 Å². The van der Waals surface area contributed by atoms with Crippen LogP contribution in [0, 0.1) is 18.3 Å². The minimum Gasteiger partial charge on any atom is -0.341 e.